The van der Waals surface area contributed by atoms with E-state index in [4.69, 9.17) is 5.11 Å². The molecular weight excluding hydrogens is 275 g/mol. The highest BCUT2D eigenvalue weighted by Gasteiger charge is 2.39. The highest BCUT2D eigenvalue weighted by atomic mass is 32.2. The first-order chi connectivity index (χ1) is 8.94. The SMILES string of the molecule is O=C(O)C1CCCCN1S(=O)(=O)c1ncccc1F. The molecule has 0 radical (unpaired) electrons. The zero-order valence-electron chi connectivity index (χ0n) is 9.99. The number of aromatic nitrogens is 1. The molecule has 6 nitrogen and oxygen atoms in total. The van der Waals surface area contributed by atoms with E-state index in [9.17, 15) is 17.6 Å². The first kappa shape index (κ1) is 13.9. The molecule has 8 heteroatoms. The number of carboxylic acid groups (broad SMARTS) is 1. The van der Waals surface area contributed by atoms with Crippen molar-refractivity contribution in [2.45, 2.75) is 30.3 Å². The van der Waals surface area contributed by atoms with Crippen LogP contribution in [-0.2, 0) is 14.8 Å². The Balaban J connectivity index is 2.43. The van der Waals surface area contributed by atoms with Crippen molar-refractivity contribution in [1.29, 1.82) is 0 Å². The fourth-order valence-corrected chi connectivity index (χ4v) is 3.74. The lowest BCUT2D eigenvalue weighted by Crippen LogP contribution is -2.48. The van der Waals surface area contributed by atoms with Gasteiger partial charge in [0.05, 0.1) is 0 Å². The molecule has 1 unspecified atom stereocenters. The molecule has 1 aliphatic rings. The molecule has 0 saturated carbocycles. The molecule has 1 saturated heterocycles. The Hall–Kier alpha value is -1.54. The third-order valence-electron chi connectivity index (χ3n) is 3.02. The fraction of sp³-hybridized carbons (Fsp3) is 0.455. The summed E-state index contributed by atoms with van der Waals surface area (Å²) in [5.74, 6) is -2.20. The Morgan fingerprint density at radius 3 is 2.84 bits per heavy atom. The molecule has 1 aliphatic heterocycles. The molecule has 0 aromatic carbocycles. The maximum atomic E-state index is 13.6. The molecule has 0 amide bonds. The highest BCUT2D eigenvalue weighted by molar-refractivity contribution is 7.89. The summed E-state index contributed by atoms with van der Waals surface area (Å²) in [6, 6.07) is 1.11. The van der Waals surface area contributed by atoms with E-state index in [1.165, 1.54) is 6.07 Å². The molecule has 0 bridgehead atoms. The lowest BCUT2D eigenvalue weighted by atomic mass is 10.1. The van der Waals surface area contributed by atoms with E-state index in [1.807, 2.05) is 0 Å². The number of sulfonamides is 1. The minimum atomic E-state index is -4.22. The number of halogens is 1. The summed E-state index contributed by atoms with van der Waals surface area (Å²) in [7, 11) is -4.22. The Labute approximate surface area is 109 Å². The molecule has 2 heterocycles. The van der Waals surface area contributed by atoms with Crippen LogP contribution in [0.2, 0.25) is 0 Å². The van der Waals surface area contributed by atoms with E-state index in [1.54, 1.807) is 0 Å². The molecule has 1 fully saturated rings. The molecule has 1 aromatic heterocycles. The summed E-state index contributed by atoms with van der Waals surface area (Å²) in [6.45, 7) is 0.0648. The van der Waals surface area contributed by atoms with Crippen molar-refractivity contribution in [3.8, 4) is 0 Å². The van der Waals surface area contributed by atoms with Gasteiger partial charge in [0.25, 0.3) is 10.0 Å². The Morgan fingerprint density at radius 1 is 1.47 bits per heavy atom. The smallest absolute Gasteiger partial charge is 0.322 e. The monoisotopic (exact) mass is 288 g/mol. The third-order valence-corrected chi connectivity index (χ3v) is 4.86. The zero-order chi connectivity index (χ0) is 14.0. The van der Waals surface area contributed by atoms with Gasteiger partial charge < -0.3 is 5.11 Å². The van der Waals surface area contributed by atoms with Gasteiger partial charge in [-0.3, -0.25) is 4.79 Å². The second kappa shape index (κ2) is 5.22. The summed E-state index contributed by atoms with van der Waals surface area (Å²) in [5, 5.41) is 8.35. The molecule has 2 rings (SSSR count). The second-order valence-corrected chi connectivity index (χ2v) is 6.06. The van der Waals surface area contributed by atoms with Crippen molar-refractivity contribution in [3.05, 3.63) is 24.1 Å². The maximum absolute atomic E-state index is 13.6. The third kappa shape index (κ3) is 2.59. The topological polar surface area (TPSA) is 87.6 Å². The minimum Gasteiger partial charge on any atom is -0.480 e. The lowest BCUT2D eigenvalue weighted by molar-refractivity contribution is -0.142. The van der Waals surface area contributed by atoms with Crippen LogP contribution < -0.4 is 0 Å². The van der Waals surface area contributed by atoms with E-state index in [2.05, 4.69) is 4.98 Å². The van der Waals surface area contributed by atoms with Gasteiger partial charge in [-0.25, -0.2) is 17.8 Å². The van der Waals surface area contributed by atoms with Gasteiger partial charge in [-0.2, -0.15) is 4.31 Å². The van der Waals surface area contributed by atoms with Crippen LogP contribution in [0, 0.1) is 5.82 Å². The number of hydrogen-bond acceptors (Lipinski definition) is 4. The molecule has 19 heavy (non-hydrogen) atoms. The summed E-state index contributed by atoms with van der Waals surface area (Å²) in [4.78, 5) is 14.6. The van der Waals surface area contributed by atoms with Crippen LogP contribution in [0.15, 0.2) is 23.4 Å². The van der Waals surface area contributed by atoms with Gasteiger partial charge in [0.1, 0.15) is 6.04 Å². The van der Waals surface area contributed by atoms with Crippen LogP contribution in [0.25, 0.3) is 0 Å². The number of hydrogen-bond donors (Lipinski definition) is 1. The van der Waals surface area contributed by atoms with Crippen LogP contribution in [0.3, 0.4) is 0 Å². The van der Waals surface area contributed by atoms with Crippen molar-refractivity contribution in [1.82, 2.24) is 9.29 Å². The number of piperidine rings is 1. The number of rotatable bonds is 3. The van der Waals surface area contributed by atoms with Gasteiger partial charge >= 0.3 is 5.97 Å². The van der Waals surface area contributed by atoms with Crippen LogP contribution in [0.4, 0.5) is 4.39 Å². The van der Waals surface area contributed by atoms with Crippen molar-refractivity contribution >= 4 is 16.0 Å². The maximum Gasteiger partial charge on any atom is 0.322 e. The van der Waals surface area contributed by atoms with E-state index in [0.29, 0.717) is 12.8 Å². The van der Waals surface area contributed by atoms with Crippen LogP contribution in [0.1, 0.15) is 19.3 Å². The Bertz CT molecular complexity index is 590. The van der Waals surface area contributed by atoms with Gasteiger partial charge in [-0.1, -0.05) is 0 Å². The summed E-state index contributed by atoms with van der Waals surface area (Å²) in [6.07, 6.45) is 2.57. The second-order valence-electron chi connectivity index (χ2n) is 4.26. The average molecular weight is 288 g/mol. The zero-order valence-corrected chi connectivity index (χ0v) is 10.8. The number of carbonyl (C=O) groups is 1. The standard InChI is InChI=1S/C11H13FN2O4S/c12-8-4-3-6-13-10(8)19(17,18)14-7-2-1-5-9(14)11(15)16/h3-4,6,9H,1-2,5,7H2,(H,15,16). The largest absolute Gasteiger partial charge is 0.480 e. The van der Waals surface area contributed by atoms with E-state index >= 15 is 0 Å². The molecule has 0 spiro atoms. The first-order valence-electron chi connectivity index (χ1n) is 5.80. The van der Waals surface area contributed by atoms with Gasteiger partial charge in [0.15, 0.2) is 5.82 Å². The molecule has 1 aromatic rings. The van der Waals surface area contributed by atoms with Gasteiger partial charge in [-0.15, -0.1) is 0 Å². The lowest BCUT2D eigenvalue weighted by Gasteiger charge is -2.31. The molecule has 1 atom stereocenters. The summed E-state index contributed by atoms with van der Waals surface area (Å²) < 4.78 is 38.9. The quantitative estimate of drug-likeness (QED) is 0.890. The summed E-state index contributed by atoms with van der Waals surface area (Å²) >= 11 is 0. The molecule has 104 valence electrons. The normalized spacial score (nSPS) is 21.2. The predicted molar refractivity (Wildman–Crippen MR) is 63.4 cm³/mol. The van der Waals surface area contributed by atoms with E-state index in [0.717, 1.165) is 16.6 Å². The van der Waals surface area contributed by atoms with Crippen LogP contribution >= 0.6 is 0 Å². The minimum absolute atomic E-state index is 0.0648. The number of carboxylic acids is 1. The fourth-order valence-electron chi connectivity index (χ4n) is 2.11. The van der Waals surface area contributed by atoms with Crippen molar-refractivity contribution in [3.63, 3.8) is 0 Å². The predicted octanol–water partition coefficient (Wildman–Crippen LogP) is 0.848. The Kier molecular flexibility index (Phi) is 3.81. The van der Waals surface area contributed by atoms with E-state index in [-0.39, 0.29) is 13.0 Å². The van der Waals surface area contributed by atoms with Gasteiger partial charge in [-0.05, 0) is 31.4 Å². The van der Waals surface area contributed by atoms with Crippen molar-refractivity contribution < 1.29 is 22.7 Å². The van der Waals surface area contributed by atoms with E-state index < -0.39 is 32.9 Å². The van der Waals surface area contributed by atoms with Gasteiger partial charge in [0.2, 0.25) is 5.03 Å². The van der Waals surface area contributed by atoms with Crippen LogP contribution in [-0.4, -0.2) is 41.4 Å². The number of pyridine rings is 1. The number of nitrogens with zero attached hydrogens (tertiary/aromatic N) is 2. The molecular formula is C11H13FN2O4S. The molecule has 1 N–H and O–H groups in total. The van der Waals surface area contributed by atoms with Crippen LogP contribution in [0.5, 0.6) is 0 Å². The summed E-state index contributed by atoms with van der Waals surface area (Å²) in [5.41, 5.74) is 0. The highest BCUT2D eigenvalue weighted by Crippen LogP contribution is 2.25. The van der Waals surface area contributed by atoms with Crippen molar-refractivity contribution in [2.75, 3.05) is 6.54 Å². The molecule has 0 aliphatic carbocycles. The Morgan fingerprint density at radius 2 is 2.21 bits per heavy atom. The number of aliphatic carboxylic acids is 1. The first-order valence-corrected chi connectivity index (χ1v) is 7.24. The average Bonchev–Trinajstić information content (AvgIpc) is 2.39. The van der Waals surface area contributed by atoms with Crippen molar-refractivity contribution in [2.24, 2.45) is 0 Å². The van der Waals surface area contributed by atoms with Gasteiger partial charge in [0, 0.05) is 12.7 Å².